The first-order valence-electron chi connectivity index (χ1n) is 13.0. The number of hydrogen-bond acceptors (Lipinski definition) is 7. The van der Waals surface area contributed by atoms with Gasteiger partial charge in [-0.2, -0.15) is 0 Å². The fourth-order valence-electron chi connectivity index (χ4n) is 4.97. The lowest BCUT2D eigenvalue weighted by Gasteiger charge is -2.23. The van der Waals surface area contributed by atoms with Crippen molar-refractivity contribution in [3.05, 3.63) is 110 Å². The number of esters is 1. The van der Waals surface area contributed by atoms with E-state index in [2.05, 4.69) is 15.9 Å². The molecule has 11 heteroatoms. The highest BCUT2D eigenvalue weighted by atomic mass is 79.9. The van der Waals surface area contributed by atoms with Gasteiger partial charge in [-0.3, -0.25) is 19.8 Å². The number of likely N-dealkylation sites (tertiary alicyclic amines) is 1. The maximum Gasteiger partial charge on any atom is 0.410 e. The maximum absolute atomic E-state index is 13.8. The number of hydrogen-bond donors (Lipinski definition) is 0. The number of halogens is 1. The number of Topliss-reactive ketones (excluding diaryl/α,β-unsaturated/α-hetero) is 1. The summed E-state index contributed by atoms with van der Waals surface area (Å²) in [6.45, 7) is 0.835. The van der Waals surface area contributed by atoms with Crippen molar-refractivity contribution in [2.45, 2.75) is 32.0 Å². The molecule has 1 aromatic heterocycles. The summed E-state index contributed by atoms with van der Waals surface area (Å²) in [6, 6.07) is 19.4. The summed E-state index contributed by atoms with van der Waals surface area (Å²) in [4.78, 5) is 51.0. The highest BCUT2D eigenvalue weighted by Gasteiger charge is 2.37. The second kappa shape index (κ2) is 12.3. The molecule has 5 rings (SSSR count). The predicted molar refractivity (Wildman–Crippen MR) is 154 cm³/mol. The molecule has 1 aliphatic rings. The van der Waals surface area contributed by atoms with Gasteiger partial charge < -0.3 is 14.0 Å². The van der Waals surface area contributed by atoms with Crippen molar-refractivity contribution in [1.82, 2.24) is 9.47 Å². The monoisotopic (exact) mass is 619 g/mol. The summed E-state index contributed by atoms with van der Waals surface area (Å²) in [5, 5.41) is 11.6. The fourth-order valence-corrected chi connectivity index (χ4v) is 5.56. The number of nitro groups is 1. The van der Waals surface area contributed by atoms with Gasteiger partial charge >= 0.3 is 12.1 Å². The SMILES string of the molecule is O=C(OCCn1cc(C(=O)[C@@H]2CCCN2C(=O)OCc2ccccc2)c2cccc(Br)c21)c1ccc([N+](=O)[O-])cc1. The van der Waals surface area contributed by atoms with Crippen LogP contribution in [-0.4, -0.2) is 51.4 Å². The van der Waals surface area contributed by atoms with Crippen LogP contribution in [0.1, 0.15) is 39.1 Å². The maximum atomic E-state index is 13.8. The number of amides is 1. The first-order chi connectivity index (χ1) is 19.8. The van der Waals surface area contributed by atoms with Gasteiger partial charge in [0.2, 0.25) is 0 Å². The Hall–Kier alpha value is -4.51. The minimum Gasteiger partial charge on any atom is -0.460 e. The highest BCUT2D eigenvalue weighted by molar-refractivity contribution is 9.10. The molecule has 1 atom stereocenters. The molecule has 0 unspecified atom stereocenters. The number of nitrogens with zero attached hydrogens (tertiary/aromatic N) is 3. The minimum absolute atomic E-state index is 0.00985. The molecular formula is C30H26BrN3O7. The molecule has 210 valence electrons. The number of para-hydroxylation sites is 1. The van der Waals surface area contributed by atoms with Crippen LogP contribution in [0.3, 0.4) is 0 Å². The van der Waals surface area contributed by atoms with E-state index >= 15 is 0 Å². The van der Waals surface area contributed by atoms with Crippen LogP contribution in [0.15, 0.2) is 83.5 Å². The van der Waals surface area contributed by atoms with Gasteiger partial charge in [0.1, 0.15) is 13.2 Å². The number of nitro benzene ring substituents is 1. The molecule has 1 amide bonds. The number of ether oxygens (including phenoxy) is 2. The smallest absolute Gasteiger partial charge is 0.410 e. The van der Waals surface area contributed by atoms with Crippen molar-refractivity contribution >= 4 is 50.4 Å². The molecule has 3 aromatic carbocycles. The second-order valence-corrected chi connectivity index (χ2v) is 10.4. The second-order valence-electron chi connectivity index (χ2n) is 9.57. The third kappa shape index (κ3) is 6.14. The molecule has 4 aromatic rings. The standard InChI is InChI=1S/C30H26BrN3O7/c31-25-9-4-8-23-24(28(35)26-10-5-15-33(26)30(37)41-19-20-6-2-1-3-7-20)18-32(27(23)25)16-17-40-29(36)21-11-13-22(14-12-21)34(38)39/h1-4,6-9,11-14,18,26H,5,10,15-17,19H2/t26-/m0/s1. The summed E-state index contributed by atoms with van der Waals surface area (Å²) in [5.41, 5.74) is 2.18. The van der Waals surface area contributed by atoms with Crippen LogP contribution in [0, 0.1) is 10.1 Å². The van der Waals surface area contributed by atoms with Crippen molar-refractivity contribution in [2.24, 2.45) is 0 Å². The first-order valence-corrected chi connectivity index (χ1v) is 13.8. The topological polar surface area (TPSA) is 121 Å². The van der Waals surface area contributed by atoms with E-state index < -0.39 is 23.0 Å². The quantitative estimate of drug-likeness (QED) is 0.0952. The molecule has 1 fully saturated rings. The number of benzene rings is 3. The van der Waals surface area contributed by atoms with Crippen LogP contribution >= 0.6 is 15.9 Å². The third-order valence-corrected chi connectivity index (χ3v) is 7.63. The molecule has 41 heavy (non-hydrogen) atoms. The van der Waals surface area contributed by atoms with E-state index in [-0.39, 0.29) is 36.8 Å². The fraction of sp³-hybridized carbons (Fsp3) is 0.233. The van der Waals surface area contributed by atoms with E-state index in [0.717, 1.165) is 20.9 Å². The van der Waals surface area contributed by atoms with Gasteiger partial charge in [0.15, 0.2) is 5.78 Å². The molecule has 1 aliphatic heterocycles. The lowest BCUT2D eigenvalue weighted by molar-refractivity contribution is -0.384. The number of rotatable bonds is 9. The average molecular weight is 620 g/mol. The molecule has 0 radical (unpaired) electrons. The van der Waals surface area contributed by atoms with Gasteiger partial charge in [0.05, 0.1) is 28.6 Å². The number of non-ortho nitro benzene ring substituents is 1. The van der Waals surface area contributed by atoms with Crippen LogP contribution in [0.2, 0.25) is 0 Å². The summed E-state index contributed by atoms with van der Waals surface area (Å²) < 4.78 is 13.5. The van der Waals surface area contributed by atoms with E-state index in [1.54, 1.807) is 6.20 Å². The molecule has 0 N–H and O–H groups in total. The molecule has 0 spiro atoms. The van der Waals surface area contributed by atoms with E-state index in [1.807, 2.05) is 53.1 Å². The van der Waals surface area contributed by atoms with E-state index in [9.17, 15) is 24.5 Å². The van der Waals surface area contributed by atoms with Gasteiger partial charge in [0.25, 0.3) is 5.69 Å². The Morgan fingerprint density at radius 1 is 0.976 bits per heavy atom. The van der Waals surface area contributed by atoms with Crippen LogP contribution in [0.25, 0.3) is 10.9 Å². The van der Waals surface area contributed by atoms with Crippen LogP contribution in [0.5, 0.6) is 0 Å². The van der Waals surface area contributed by atoms with Crippen LogP contribution < -0.4 is 0 Å². The van der Waals surface area contributed by atoms with E-state index in [0.29, 0.717) is 24.9 Å². The largest absolute Gasteiger partial charge is 0.460 e. The van der Waals surface area contributed by atoms with Crippen molar-refractivity contribution in [1.29, 1.82) is 0 Å². The number of carbonyl (C=O) groups is 3. The molecule has 2 heterocycles. The third-order valence-electron chi connectivity index (χ3n) is 6.99. The molecule has 1 saturated heterocycles. The lowest BCUT2D eigenvalue weighted by Crippen LogP contribution is -2.40. The van der Waals surface area contributed by atoms with Crippen LogP contribution in [-0.2, 0) is 22.6 Å². The van der Waals surface area contributed by atoms with Crippen molar-refractivity contribution < 1.29 is 28.8 Å². The minimum atomic E-state index is -0.642. The molecule has 0 aliphatic carbocycles. The lowest BCUT2D eigenvalue weighted by atomic mass is 10.0. The molecule has 10 nitrogen and oxygen atoms in total. The zero-order valence-electron chi connectivity index (χ0n) is 21.9. The van der Waals surface area contributed by atoms with Crippen molar-refractivity contribution in [3.8, 4) is 0 Å². The summed E-state index contributed by atoms with van der Waals surface area (Å²) in [6.07, 6.45) is 2.43. The molecule has 0 saturated carbocycles. The first kappa shape index (κ1) is 28.0. The average Bonchev–Trinajstić information content (AvgIpc) is 3.62. The number of ketones is 1. The highest BCUT2D eigenvalue weighted by Crippen LogP contribution is 2.32. The normalized spacial score (nSPS) is 14.7. The van der Waals surface area contributed by atoms with Crippen LogP contribution in [0.4, 0.5) is 10.5 Å². The Bertz CT molecular complexity index is 1600. The molecule has 0 bridgehead atoms. The Kier molecular flexibility index (Phi) is 8.44. The zero-order chi connectivity index (χ0) is 28.9. The van der Waals surface area contributed by atoms with E-state index in [4.69, 9.17) is 9.47 Å². The Labute approximate surface area is 243 Å². The number of carbonyl (C=O) groups excluding carboxylic acids is 3. The van der Waals surface area contributed by atoms with Crippen molar-refractivity contribution in [2.75, 3.05) is 13.2 Å². The Morgan fingerprint density at radius 2 is 1.73 bits per heavy atom. The van der Waals surface area contributed by atoms with Crippen molar-refractivity contribution in [3.63, 3.8) is 0 Å². The summed E-state index contributed by atoms with van der Waals surface area (Å²) in [7, 11) is 0. The molecular weight excluding hydrogens is 594 g/mol. The van der Waals surface area contributed by atoms with Gasteiger partial charge in [0, 0.05) is 40.3 Å². The van der Waals surface area contributed by atoms with Gasteiger partial charge in [-0.1, -0.05) is 42.5 Å². The summed E-state index contributed by atoms with van der Waals surface area (Å²) >= 11 is 3.57. The number of fused-ring (bicyclic) bond motifs is 1. The summed E-state index contributed by atoms with van der Waals surface area (Å²) in [5.74, 6) is -0.786. The zero-order valence-corrected chi connectivity index (χ0v) is 23.5. The van der Waals surface area contributed by atoms with Gasteiger partial charge in [-0.05, 0) is 52.5 Å². The van der Waals surface area contributed by atoms with Gasteiger partial charge in [-0.15, -0.1) is 0 Å². The predicted octanol–water partition coefficient (Wildman–Crippen LogP) is 6.15. The Morgan fingerprint density at radius 3 is 2.46 bits per heavy atom. The number of aromatic nitrogens is 1. The van der Waals surface area contributed by atoms with E-state index in [1.165, 1.54) is 29.2 Å². The Balaban J connectivity index is 1.29. The van der Waals surface area contributed by atoms with Gasteiger partial charge in [-0.25, -0.2) is 9.59 Å².